The number of anilines is 5. The number of nitriles is 1. The molecule has 0 unspecified atom stereocenters. The van der Waals surface area contributed by atoms with Gasteiger partial charge in [0.2, 0.25) is 0 Å². The van der Waals surface area contributed by atoms with Gasteiger partial charge in [-0.3, -0.25) is 5.10 Å². The maximum absolute atomic E-state index is 9.14. The SMILES string of the molecule is Cc1c(Nc2cccc3c2CCC3)nc(Cl)c(C#N)c1C.Cc1c(Nc2cccc3c2CCC3)nc2n[nH]c(N)c2c1C. The molecule has 3 aromatic heterocycles. The highest BCUT2D eigenvalue weighted by Gasteiger charge is 2.19. The number of benzene rings is 2. The maximum Gasteiger partial charge on any atom is 0.185 e. The van der Waals surface area contributed by atoms with Gasteiger partial charge in [-0.15, -0.1) is 0 Å². The number of nitrogens with two attached hydrogens (primary N) is 1. The summed E-state index contributed by atoms with van der Waals surface area (Å²) in [4.78, 5) is 9.00. The van der Waals surface area contributed by atoms with Crippen molar-refractivity contribution in [1.82, 2.24) is 20.2 Å². The Labute approximate surface area is 256 Å². The molecular weight excluding hydrogens is 556 g/mol. The zero-order chi connectivity index (χ0) is 30.2. The van der Waals surface area contributed by atoms with Crippen LogP contribution in [-0.4, -0.2) is 20.2 Å². The highest BCUT2D eigenvalue weighted by molar-refractivity contribution is 6.30. The third kappa shape index (κ3) is 5.26. The van der Waals surface area contributed by atoms with E-state index in [0.717, 1.165) is 69.9 Å². The Kier molecular flexibility index (Phi) is 7.68. The molecule has 0 saturated carbocycles. The largest absolute Gasteiger partial charge is 0.384 e. The lowest BCUT2D eigenvalue weighted by atomic mass is 10.1. The molecule has 0 radical (unpaired) electrons. The summed E-state index contributed by atoms with van der Waals surface area (Å²) < 4.78 is 0. The van der Waals surface area contributed by atoms with Crippen molar-refractivity contribution in [2.24, 2.45) is 0 Å². The first-order valence-corrected chi connectivity index (χ1v) is 15.1. The first-order valence-electron chi connectivity index (χ1n) is 14.7. The number of aromatic nitrogens is 4. The number of nitrogens with one attached hydrogen (secondary N) is 3. The van der Waals surface area contributed by atoms with Crippen LogP contribution in [-0.2, 0) is 25.7 Å². The fraction of sp³-hybridized carbons (Fsp3) is 0.294. The topological polar surface area (TPSA) is 128 Å². The van der Waals surface area contributed by atoms with Gasteiger partial charge in [-0.05, 0) is 123 Å². The number of rotatable bonds is 4. The van der Waals surface area contributed by atoms with Crippen molar-refractivity contribution in [2.75, 3.05) is 16.4 Å². The van der Waals surface area contributed by atoms with E-state index in [4.69, 9.17) is 22.6 Å². The van der Waals surface area contributed by atoms with Gasteiger partial charge in [-0.1, -0.05) is 35.9 Å². The van der Waals surface area contributed by atoms with Crippen LogP contribution in [0.5, 0.6) is 0 Å². The highest BCUT2D eigenvalue weighted by atomic mass is 35.5. The molecule has 2 aliphatic rings. The summed E-state index contributed by atoms with van der Waals surface area (Å²) >= 11 is 6.12. The maximum atomic E-state index is 9.14. The van der Waals surface area contributed by atoms with Crippen LogP contribution in [0.3, 0.4) is 0 Å². The van der Waals surface area contributed by atoms with Crippen LogP contribution >= 0.6 is 11.6 Å². The van der Waals surface area contributed by atoms with Gasteiger partial charge in [0.25, 0.3) is 0 Å². The van der Waals surface area contributed by atoms with Crippen LogP contribution in [0.15, 0.2) is 36.4 Å². The van der Waals surface area contributed by atoms with Crippen molar-refractivity contribution in [1.29, 1.82) is 5.26 Å². The van der Waals surface area contributed by atoms with E-state index in [0.29, 0.717) is 17.0 Å². The van der Waals surface area contributed by atoms with E-state index in [-0.39, 0.29) is 5.15 Å². The van der Waals surface area contributed by atoms with Crippen molar-refractivity contribution in [2.45, 2.75) is 66.2 Å². The van der Waals surface area contributed by atoms with Gasteiger partial charge in [0.05, 0.1) is 10.9 Å². The van der Waals surface area contributed by atoms with Crippen LogP contribution in [0.1, 0.15) is 62.9 Å². The standard InChI is InChI=1S/C17H16ClN3.C17H19N5/c1-10-11(2)17(21-16(18)14(10)9-19)20-15-8-4-6-12-5-3-7-13(12)15;1-9-10(2)16(20-17-14(9)15(18)21-22-17)19-13-8-4-6-11-5-3-7-12(11)13/h4,6,8H,3,5,7H2,1-2H3,(H,20,21);4,6,8H,3,5,7H2,1-2H3,(H4,18,19,20,21,22). The molecule has 0 atom stereocenters. The van der Waals surface area contributed by atoms with Gasteiger partial charge in [0.15, 0.2) is 5.65 Å². The van der Waals surface area contributed by atoms with E-state index >= 15 is 0 Å². The van der Waals surface area contributed by atoms with Crippen LogP contribution in [0.2, 0.25) is 5.15 Å². The average Bonchev–Trinajstić information content (AvgIpc) is 3.76. The number of halogens is 1. The summed E-state index contributed by atoms with van der Waals surface area (Å²) in [5.41, 5.74) is 19.0. The Morgan fingerprint density at radius 1 is 0.791 bits per heavy atom. The third-order valence-corrected chi connectivity index (χ3v) is 9.18. The molecule has 218 valence electrons. The molecule has 0 spiro atoms. The van der Waals surface area contributed by atoms with Crippen LogP contribution in [0.4, 0.5) is 28.8 Å². The molecule has 43 heavy (non-hydrogen) atoms. The molecule has 3 heterocycles. The van der Waals surface area contributed by atoms with E-state index in [1.165, 1.54) is 41.5 Å². The summed E-state index contributed by atoms with van der Waals surface area (Å²) in [6, 6.07) is 14.9. The Morgan fingerprint density at radius 3 is 1.93 bits per heavy atom. The number of fused-ring (bicyclic) bond motifs is 3. The second kappa shape index (κ2) is 11.6. The molecular formula is C34H35ClN8. The Bertz CT molecular complexity index is 1920. The predicted octanol–water partition coefficient (Wildman–Crippen LogP) is 7.85. The molecule has 2 aromatic carbocycles. The second-order valence-electron chi connectivity index (χ2n) is 11.4. The van der Waals surface area contributed by atoms with Crippen molar-refractivity contribution in [3.63, 3.8) is 0 Å². The van der Waals surface area contributed by atoms with E-state index in [9.17, 15) is 0 Å². The summed E-state index contributed by atoms with van der Waals surface area (Å²) in [7, 11) is 0. The number of aromatic amines is 1. The van der Waals surface area contributed by atoms with Gasteiger partial charge in [0.1, 0.15) is 28.7 Å². The Morgan fingerprint density at radius 2 is 1.35 bits per heavy atom. The lowest BCUT2D eigenvalue weighted by molar-refractivity contribution is 0.912. The summed E-state index contributed by atoms with van der Waals surface area (Å²) in [5, 5.41) is 24.2. The lowest BCUT2D eigenvalue weighted by Gasteiger charge is -2.15. The van der Waals surface area contributed by atoms with Crippen molar-refractivity contribution >= 4 is 51.5 Å². The zero-order valence-corrected chi connectivity index (χ0v) is 25.7. The molecule has 0 aliphatic heterocycles. The molecule has 5 aromatic rings. The molecule has 5 N–H and O–H groups in total. The minimum absolute atomic E-state index is 0.260. The van der Waals surface area contributed by atoms with E-state index in [1.54, 1.807) is 0 Å². The first-order chi connectivity index (χ1) is 20.8. The smallest absolute Gasteiger partial charge is 0.185 e. The number of pyridine rings is 2. The van der Waals surface area contributed by atoms with Crippen LogP contribution in [0, 0.1) is 39.0 Å². The number of nitrogen functional groups attached to an aromatic ring is 1. The quantitative estimate of drug-likeness (QED) is 0.157. The van der Waals surface area contributed by atoms with Crippen LogP contribution < -0.4 is 16.4 Å². The molecule has 9 heteroatoms. The Hall–Kier alpha value is -4.61. The minimum atomic E-state index is 0.260. The number of aryl methyl sites for hydroxylation is 3. The fourth-order valence-electron chi connectivity index (χ4n) is 6.21. The van der Waals surface area contributed by atoms with E-state index in [2.05, 4.69) is 87.1 Å². The number of hydrogen-bond donors (Lipinski definition) is 4. The number of hydrogen-bond acceptors (Lipinski definition) is 7. The summed E-state index contributed by atoms with van der Waals surface area (Å²) in [6.07, 6.45) is 6.98. The lowest BCUT2D eigenvalue weighted by Crippen LogP contribution is -2.03. The minimum Gasteiger partial charge on any atom is -0.384 e. The molecule has 0 amide bonds. The highest BCUT2D eigenvalue weighted by Crippen LogP contribution is 2.35. The van der Waals surface area contributed by atoms with Crippen molar-refractivity contribution in [3.8, 4) is 6.07 Å². The van der Waals surface area contributed by atoms with E-state index in [1.807, 2.05) is 13.8 Å². The first kappa shape index (κ1) is 28.5. The van der Waals surface area contributed by atoms with E-state index < -0.39 is 0 Å². The zero-order valence-electron chi connectivity index (χ0n) is 25.0. The van der Waals surface area contributed by atoms with Crippen molar-refractivity contribution in [3.05, 3.63) is 91.6 Å². The molecule has 8 nitrogen and oxygen atoms in total. The summed E-state index contributed by atoms with van der Waals surface area (Å²) in [5.74, 6) is 2.17. The van der Waals surface area contributed by atoms with Gasteiger partial charge < -0.3 is 16.4 Å². The second-order valence-corrected chi connectivity index (χ2v) is 11.7. The molecule has 0 saturated heterocycles. The molecule has 0 bridgehead atoms. The van der Waals surface area contributed by atoms with Gasteiger partial charge in [-0.2, -0.15) is 10.4 Å². The fourth-order valence-corrected chi connectivity index (χ4v) is 6.48. The van der Waals surface area contributed by atoms with Gasteiger partial charge in [-0.25, -0.2) is 9.97 Å². The average molecular weight is 591 g/mol. The Balaban J connectivity index is 0.000000153. The summed E-state index contributed by atoms with van der Waals surface area (Å²) in [6.45, 7) is 8.00. The number of H-pyrrole nitrogens is 1. The normalized spacial score (nSPS) is 13.2. The van der Waals surface area contributed by atoms with Crippen LogP contribution in [0.25, 0.3) is 11.0 Å². The number of nitrogens with zero attached hydrogens (tertiary/aromatic N) is 4. The third-order valence-electron chi connectivity index (χ3n) is 8.90. The molecule has 0 fully saturated rings. The molecule has 7 rings (SSSR count). The monoisotopic (exact) mass is 590 g/mol. The van der Waals surface area contributed by atoms with Crippen molar-refractivity contribution < 1.29 is 0 Å². The molecule has 2 aliphatic carbocycles. The predicted molar refractivity (Wildman–Crippen MR) is 175 cm³/mol. The van der Waals surface area contributed by atoms with Gasteiger partial charge >= 0.3 is 0 Å². The van der Waals surface area contributed by atoms with Gasteiger partial charge in [0, 0.05) is 11.4 Å².